The Labute approximate surface area is 111 Å². The summed E-state index contributed by atoms with van der Waals surface area (Å²) in [6.07, 6.45) is 3.76. The molecule has 2 N–H and O–H groups in total. The SMILES string of the molecule is CN(C)Cc1ccccc1NC1CCCNCC1. The molecule has 1 saturated heterocycles. The van der Waals surface area contributed by atoms with Gasteiger partial charge in [0.25, 0.3) is 0 Å². The van der Waals surface area contributed by atoms with Gasteiger partial charge in [0.05, 0.1) is 0 Å². The summed E-state index contributed by atoms with van der Waals surface area (Å²) < 4.78 is 0. The van der Waals surface area contributed by atoms with Gasteiger partial charge in [-0.2, -0.15) is 0 Å². The number of rotatable bonds is 4. The molecule has 18 heavy (non-hydrogen) atoms. The third-order valence-corrected chi connectivity index (χ3v) is 3.44. The molecule has 0 saturated carbocycles. The van der Waals surface area contributed by atoms with Gasteiger partial charge in [0, 0.05) is 18.3 Å². The molecule has 0 aromatic heterocycles. The molecule has 1 heterocycles. The molecular weight excluding hydrogens is 222 g/mol. The van der Waals surface area contributed by atoms with Crippen LogP contribution < -0.4 is 10.6 Å². The Morgan fingerprint density at radius 3 is 2.89 bits per heavy atom. The molecule has 2 rings (SSSR count). The zero-order valence-corrected chi connectivity index (χ0v) is 11.6. The van der Waals surface area contributed by atoms with Crippen molar-refractivity contribution in [1.82, 2.24) is 10.2 Å². The summed E-state index contributed by atoms with van der Waals surface area (Å²) in [6.45, 7) is 3.29. The number of hydrogen-bond donors (Lipinski definition) is 2. The van der Waals surface area contributed by atoms with Crippen LogP contribution in [0.1, 0.15) is 24.8 Å². The fourth-order valence-electron chi connectivity index (χ4n) is 2.52. The fraction of sp³-hybridized carbons (Fsp3) is 0.600. The molecule has 1 atom stereocenters. The number of para-hydroxylation sites is 1. The van der Waals surface area contributed by atoms with Gasteiger partial charge in [0.1, 0.15) is 0 Å². The van der Waals surface area contributed by atoms with Crippen LogP contribution in [0, 0.1) is 0 Å². The second-order valence-corrected chi connectivity index (χ2v) is 5.42. The van der Waals surface area contributed by atoms with Crippen molar-refractivity contribution < 1.29 is 0 Å². The van der Waals surface area contributed by atoms with Crippen molar-refractivity contribution in [2.45, 2.75) is 31.8 Å². The first-order valence-electron chi connectivity index (χ1n) is 6.95. The average Bonchev–Trinajstić information content (AvgIpc) is 2.60. The molecule has 0 aliphatic carbocycles. The van der Waals surface area contributed by atoms with E-state index in [0.29, 0.717) is 6.04 Å². The van der Waals surface area contributed by atoms with Crippen molar-refractivity contribution in [2.24, 2.45) is 0 Å². The molecule has 3 heteroatoms. The van der Waals surface area contributed by atoms with Crippen molar-refractivity contribution in [2.75, 3.05) is 32.5 Å². The Morgan fingerprint density at radius 2 is 2.06 bits per heavy atom. The van der Waals surface area contributed by atoms with Crippen LogP contribution in [0.15, 0.2) is 24.3 Å². The summed E-state index contributed by atoms with van der Waals surface area (Å²) in [4.78, 5) is 2.22. The minimum atomic E-state index is 0.614. The van der Waals surface area contributed by atoms with Gasteiger partial charge in [-0.25, -0.2) is 0 Å². The molecule has 1 unspecified atom stereocenters. The summed E-state index contributed by atoms with van der Waals surface area (Å²) in [6, 6.07) is 9.28. The van der Waals surface area contributed by atoms with Crippen LogP contribution >= 0.6 is 0 Å². The topological polar surface area (TPSA) is 27.3 Å². The van der Waals surface area contributed by atoms with Crippen LogP contribution in [0.5, 0.6) is 0 Å². The van der Waals surface area contributed by atoms with E-state index < -0.39 is 0 Å². The van der Waals surface area contributed by atoms with Crippen molar-refractivity contribution in [3.05, 3.63) is 29.8 Å². The molecule has 1 aromatic carbocycles. The summed E-state index contributed by atoms with van der Waals surface area (Å²) in [5.41, 5.74) is 2.69. The van der Waals surface area contributed by atoms with E-state index in [9.17, 15) is 0 Å². The summed E-state index contributed by atoms with van der Waals surface area (Å²) in [7, 11) is 4.23. The molecule has 0 radical (unpaired) electrons. The van der Waals surface area contributed by atoms with E-state index in [-0.39, 0.29) is 0 Å². The highest BCUT2D eigenvalue weighted by Gasteiger charge is 2.13. The Balaban J connectivity index is 2.02. The first-order chi connectivity index (χ1) is 8.75. The van der Waals surface area contributed by atoms with Crippen molar-refractivity contribution >= 4 is 5.69 Å². The van der Waals surface area contributed by atoms with Crippen molar-refractivity contribution in [3.63, 3.8) is 0 Å². The number of nitrogens with one attached hydrogen (secondary N) is 2. The van der Waals surface area contributed by atoms with Gasteiger partial charge in [-0.3, -0.25) is 0 Å². The molecule has 0 bridgehead atoms. The third-order valence-electron chi connectivity index (χ3n) is 3.44. The monoisotopic (exact) mass is 247 g/mol. The Hall–Kier alpha value is -1.06. The maximum atomic E-state index is 3.73. The number of benzene rings is 1. The first kappa shape index (κ1) is 13.4. The summed E-state index contributed by atoms with van der Waals surface area (Å²) in [5.74, 6) is 0. The van der Waals surface area contributed by atoms with Gasteiger partial charge in [-0.15, -0.1) is 0 Å². The standard InChI is InChI=1S/C15H25N3/c1-18(2)12-13-6-3-4-8-15(13)17-14-7-5-10-16-11-9-14/h3-4,6,8,14,16-17H,5,7,9-12H2,1-2H3. The molecule has 0 spiro atoms. The van der Waals surface area contributed by atoms with Gasteiger partial charge in [0.15, 0.2) is 0 Å². The summed E-state index contributed by atoms with van der Waals surface area (Å²) >= 11 is 0. The molecule has 0 amide bonds. The minimum Gasteiger partial charge on any atom is -0.382 e. The van der Waals surface area contributed by atoms with Gasteiger partial charge in [-0.05, 0) is 58.1 Å². The maximum absolute atomic E-state index is 3.73. The highest BCUT2D eigenvalue weighted by molar-refractivity contribution is 5.51. The molecule has 1 aliphatic rings. The quantitative estimate of drug-likeness (QED) is 0.855. The van der Waals surface area contributed by atoms with E-state index in [1.165, 1.54) is 30.5 Å². The number of hydrogen-bond acceptors (Lipinski definition) is 3. The molecule has 1 aliphatic heterocycles. The molecular formula is C15H25N3. The van der Waals surface area contributed by atoms with E-state index in [4.69, 9.17) is 0 Å². The Morgan fingerprint density at radius 1 is 1.22 bits per heavy atom. The van der Waals surface area contributed by atoms with Crippen molar-refractivity contribution in [3.8, 4) is 0 Å². The second-order valence-electron chi connectivity index (χ2n) is 5.42. The maximum Gasteiger partial charge on any atom is 0.0388 e. The van der Waals surface area contributed by atoms with Gasteiger partial charge in [0.2, 0.25) is 0 Å². The van der Waals surface area contributed by atoms with Gasteiger partial charge >= 0.3 is 0 Å². The fourth-order valence-corrected chi connectivity index (χ4v) is 2.52. The molecule has 1 aromatic rings. The van der Waals surface area contributed by atoms with Crippen molar-refractivity contribution in [1.29, 1.82) is 0 Å². The lowest BCUT2D eigenvalue weighted by molar-refractivity contribution is 0.403. The highest BCUT2D eigenvalue weighted by atomic mass is 15.1. The Kier molecular flexibility index (Phi) is 5.02. The van der Waals surface area contributed by atoms with E-state index in [0.717, 1.165) is 19.6 Å². The van der Waals surface area contributed by atoms with Crippen LogP contribution in [-0.2, 0) is 6.54 Å². The smallest absolute Gasteiger partial charge is 0.0388 e. The van der Waals surface area contributed by atoms with Crippen LogP contribution in [0.4, 0.5) is 5.69 Å². The average molecular weight is 247 g/mol. The van der Waals surface area contributed by atoms with Crippen LogP contribution in [0.3, 0.4) is 0 Å². The Bertz CT molecular complexity index is 355. The van der Waals surface area contributed by atoms with E-state index >= 15 is 0 Å². The third kappa shape index (κ3) is 4.00. The molecule has 1 fully saturated rings. The number of nitrogens with zero attached hydrogens (tertiary/aromatic N) is 1. The van der Waals surface area contributed by atoms with E-state index in [1.54, 1.807) is 0 Å². The second kappa shape index (κ2) is 6.76. The lowest BCUT2D eigenvalue weighted by Crippen LogP contribution is -2.23. The summed E-state index contributed by atoms with van der Waals surface area (Å²) in [5, 5.41) is 7.19. The van der Waals surface area contributed by atoms with Crippen LogP contribution in [-0.4, -0.2) is 38.1 Å². The lowest BCUT2D eigenvalue weighted by Gasteiger charge is -2.21. The predicted molar refractivity (Wildman–Crippen MR) is 78.0 cm³/mol. The normalized spacial score (nSPS) is 20.7. The van der Waals surface area contributed by atoms with Gasteiger partial charge < -0.3 is 15.5 Å². The van der Waals surface area contributed by atoms with Crippen LogP contribution in [0.2, 0.25) is 0 Å². The lowest BCUT2D eigenvalue weighted by atomic mass is 10.1. The molecule has 3 nitrogen and oxygen atoms in total. The largest absolute Gasteiger partial charge is 0.382 e. The predicted octanol–water partition coefficient (Wildman–Crippen LogP) is 2.30. The highest BCUT2D eigenvalue weighted by Crippen LogP contribution is 2.20. The van der Waals surface area contributed by atoms with E-state index in [2.05, 4.69) is 53.9 Å². The zero-order chi connectivity index (χ0) is 12.8. The van der Waals surface area contributed by atoms with Crippen LogP contribution in [0.25, 0.3) is 0 Å². The van der Waals surface area contributed by atoms with Gasteiger partial charge in [-0.1, -0.05) is 18.2 Å². The number of anilines is 1. The minimum absolute atomic E-state index is 0.614. The molecule has 100 valence electrons. The van der Waals surface area contributed by atoms with E-state index in [1.807, 2.05) is 0 Å². The first-order valence-corrected chi connectivity index (χ1v) is 6.95. The zero-order valence-electron chi connectivity index (χ0n) is 11.6.